The number of pyridine rings is 1. The Bertz CT molecular complexity index is 906. The van der Waals surface area contributed by atoms with Gasteiger partial charge in [-0.3, -0.25) is 9.36 Å². The first kappa shape index (κ1) is 16.5. The Kier molecular flexibility index (Phi) is 4.30. The average molecular weight is 351 g/mol. The van der Waals surface area contributed by atoms with E-state index in [4.69, 9.17) is 4.74 Å². The molecule has 7 nitrogen and oxygen atoms in total. The van der Waals surface area contributed by atoms with E-state index in [9.17, 15) is 4.79 Å². The van der Waals surface area contributed by atoms with Gasteiger partial charge < -0.3 is 14.2 Å². The van der Waals surface area contributed by atoms with Crippen LogP contribution in [0.1, 0.15) is 21.7 Å². The van der Waals surface area contributed by atoms with Crippen LogP contribution < -0.4 is 4.90 Å². The summed E-state index contributed by atoms with van der Waals surface area (Å²) in [6.45, 7) is 7.13. The number of hydrogen-bond acceptors (Lipinski definition) is 5. The van der Waals surface area contributed by atoms with Gasteiger partial charge >= 0.3 is 0 Å². The molecule has 0 N–H and O–H groups in total. The van der Waals surface area contributed by atoms with Crippen LogP contribution in [-0.2, 0) is 4.74 Å². The van der Waals surface area contributed by atoms with Crippen LogP contribution in [0.4, 0.5) is 5.82 Å². The number of aromatic nitrogens is 4. The van der Waals surface area contributed by atoms with Crippen molar-refractivity contribution in [1.29, 1.82) is 0 Å². The van der Waals surface area contributed by atoms with Crippen LogP contribution in [0, 0.1) is 13.8 Å². The van der Waals surface area contributed by atoms with Crippen molar-refractivity contribution in [2.24, 2.45) is 0 Å². The second kappa shape index (κ2) is 6.76. The molecule has 7 heteroatoms. The predicted molar refractivity (Wildman–Crippen MR) is 98.0 cm³/mol. The minimum atomic E-state index is -0.0836. The highest BCUT2D eigenvalue weighted by molar-refractivity contribution is 5.97. The highest BCUT2D eigenvalue weighted by Gasteiger charge is 2.18. The molecule has 0 aliphatic carbocycles. The number of nitrogens with zero attached hydrogens (tertiary/aromatic N) is 5. The topological polar surface area (TPSA) is 65.2 Å². The molecule has 0 spiro atoms. The number of ether oxygens (including phenoxy) is 1. The fraction of sp³-hybridized carbons (Fsp3) is 0.316. The van der Waals surface area contributed by atoms with Gasteiger partial charge in [0.1, 0.15) is 12.1 Å². The van der Waals surface area contributed by atoms with Gasteiger partial charge in [-0.05, 0) is 32.0 Å². The number of imidazole rings is 1. The Balaban J connectivity index is 1.64. The van der Waals surface area contributed by atoms with Crippen LogP contribution in [0.15, 0.2) is 43.1 Å². The quantitative estimate of drug-likeness (QED) is 0.724. The molecule has 4 rings (SSSR count). The zero-order chi connectivity index (χ0) is 18.1. The lowest BCUT2D eigenvalue weighted by molar-refractivity contribution is 0.0959. The maximum absolute atomic E-state index is 12.7. The predicted octanol–water partition coefficient (Wildman–Crippen LogP) is 2.21. The molecule has 4 heterocycles. The van der Waals surface area contributed by atoms with Gasteiger partial charge in [0.25, 0.3) is 5.91 Å². The first-order chi connectivity index (χ1) is 12.6. The van der Waals surface area contributed by atoms with Crippen LogP contribution in [0.2, 0.25) is 0 Å². The van der Waals surface area contributed by atoms with E-state index in [1.54, 1.807) is 12.4 Å². The molecule has 3 aromatic rings. The third-order valence-corrected chi connectivity index (χ3v) is 4.73. The molecule has 1 aliphatic rings. The normalized spacial score (nSPS) is 14.6. The van der Waals surface area contributed by atoms with E-state index in [1.807, 2.05) is 38.2 Å². The van der Waals surface area contributed by atoms with Crippen LogP contribution in [-0.4, -0.2) is 51.3 Å². The summed E-state index contributed by atoms with van der Waals surface area (Å²) in [4.78, 5) is 23.4. The number of rotatable bonds is 3. The van der Waals surface area contributed by atoms with E-state index in [-0.39, 0.29) is 5.91 Å². The van der Waals surface area contributed by atoms with Crippen LogP contribution in [0.3, 0.4) is 0 Å². The van der Waals surface area contributed by atoms with Crippen molar-refractivity contribution in [3.8, 4) is 5.69 Å². The standard InChI is InChI=1S/C19H21N5O2/c1-14-11-17(19(25)23-6-5-20-13-23)15(2)24(14)16-3-4-18(21-12-16)22-7-9-26-10-8-22/h3-6,11-13H,7-10H2,1-2H3. The Morgan fingerprint density at radius 2 is 2.00 bits per heavy atom. The number of anilines is 1. The molecule has 1 saturated heterocycles. The molecular weight excluding hydrogens is 330 g/mol. The number of aryl methyl sites for hydroxylation is 1. The Morgan fingerprint density at radius 3 is 2.65 bits per heavy atom. The van der Waals surface area contributed by atoms with E-state index in [1.165, 1.54) is 10.9 Å². The van der Waals surface area contributed by atoms with Crippen LogP contribution >= 0.6 is 0 Å². The van der Waals surface area contributed by atoms with Crippen LogP contribution in [0.5, 0.6) is 0 Å². The van der Waals surface area contributed by atoms with Crippen molar-refractivity contribution in [2.45, 2.75) is 13.8 Å². The van der Waals surface area contributed by atoms with Gasteiger partial charge in [0.2, 0.25) is 0 Å². The van der Waals surface area contributed by atoms with Crippen molar-refractivity contribution < 1.29 is 9.53 Å². The van der Waals surface area contributed by atoms with E-state index < -0.39 is 0 Å². The SMILES string of the molecule is Cc1cc(C(=O)n2ccnc2)c(C)n1-c1ccc(N2CCOCC2)nc1. The fourth-order valence-corrected chi connectivity index (χ4v) is 3.39. The van der Waals surface area contributed by atoms with E-state index in [0.717, 1.165) is 49.2 Å². The molecule has 26 heavy (non-hydrogen) atoms. The third kappa shape index (κ3) is 2.90. The summed E-state index contributed by atoms with van der Waals surface area (Å²) in [6, 6.07) is 5.98. The molecule has 0 radical (unpaired) electrons. The zero-order valence-electron chi connectivity index (χ0n) is 14.9. The first-order valence-electron chi connectivity index (χ1n) is 8.66. The van der Waals surface area contributed by atoms with Crippen molar-refractivity contribution in [2.75, 3.05) is 31.2 Å². The minimum Gasteiger partial charge on any atom is -0.378 e. The molecular formula is C19H21N5O2. The number of carbonyl (C=O) groups excluding carboxylic acids is 1. The van der Waals surface area contributed by atoms with Gasteiger partial charge in [-0.2, -0.15) is 0 Å². The van der Waals surface area contributed by atoms with E-state index >= 15 is 0 Å². The van der Waals surface area contributed by atoms with Gasteiger partial charge in [0.05, 0.1) is 30.7 Å². The zero-order valence-corrected chi connectivity index (χ0v) is 14.9. The summed E-state index contributed by atoms with van der Waals surface area (Å²) >= 11 is 0. The second-order valence-electron chi connectivity index (χ2n) is 6.37. The molecule has 1 fully saturated rings. The minimum absolute atomic E-state index is 0.0836. The Labute approximate surface area is 151 Å². The Hall–Kier alpha value is -2.93. The summed E-state index contributed by atoms with van der Waals surface area (Å²) in [6.07, 6.45) is 6.64. The summed E-state index contributed by atoms with van der Waals surface area (Å²) < 4.78 is 8.94. The maximum atomic E-state index is 12.7. The van der Waals surface area contributed by atoms with Gasteiger partial charge in [-0.1, -0.05) is 0 Å². The molecule has 134 valence electrons. The lowest BCUT2D eigenvalue weighted by Gasteiger charge is -2.27. The first-order valence-corrected chi connectivity index (χ1v) is 8.66. The molecule has 1 aliphatic heterocycles. The van der Waals surface area contributed by atoms with E-state index in [0.29, 0.717) is 5.56 Å². The van der Waals surface area contributed by atoms with Crippen LogP contribution in [0.25, 0.3) is 5.69 Å². The Morgan fingerprint density at radius 1 is 1.19 bits per heavy atom. The smallest absolute Gasteiger partial charge is 0.264 e. The molecule has 0 saturated carbocycles. The summed E-state index contributed by atoms with van der Waals surface area (Å²) in [7, 11) is 0. The largest absolute Gasteiger partial charge is 0.378 e. The number of carbonyl (C=O) groups is 1. The second-order valence-corrected chi connectivity index (χ2v) is 6.37. The van der Waals surface area contributed by atoms with Crippen molar-refractivity contribution in [1.82, 2.24) is 19.1 Å². The summed E-state index contributed by atoms with van der Waals surface area (Å²) in [5, 5.41) is 0. The van der Waals surface area contributed by atoms with Crippen molar-refractivity contribution in [3.05, 3.63) is 60.1 Å². The average Bonchev–Trinajstić information content (AvgIpc) is 3.31. The lowest BCUT2D eigenvalue weighted by atomic mass is 10.2. The lowest BCUT2D eigenvalue weighted by Crippen LogP contribution is -2.36. The molecule has 3 aromatic heterocycles. The highest BCUT2D eigenvalue weighted by atomic mass is 16.5. The molecule has 0 bridgehead atoms. The van der Waals surface area contributed by atoms with Gasteiger partial charge in [-0.15, -0.1) is 0 Å². The molecule has 0 amide bonds. The monoisotopic (exact) mass is 351 g/mol. The van der Waals surface area contributed by atoms with E-state index in [2.05, 4.69) is 19.4 Å². The molecule has 0 atom stereocenters. The summed E-state index contributed by atoms with van der Waals surface area (Å²) in [5.41, 5.74) is 3.49. The van der Waals surface area contributed by atoms with Gasteiger partial charge in [0.15, 0.2) is 0 Å². The number of hydrogen-bond donors (Lipinski definition) is 0. The third-order valence-electron chi connectivity index (χ3n) is 4.73. The molecule has 0 unspecified atom stereocenters. The number of morpholine rings is 1. The fourth-order valence-electron chi connectivity index (χ4n) is 3.39. The van der Waals surface area contributed by atoms with Gasteiger partial charge in [-0.25, -0.2) is 9.97 Å². The highest BCUT2D eigenvalue weighted by Crippen LogP contribution is 2.23. The van der Waals surface area contributed by atoms with Gasteiger partial charge in [0, 0.05) is 36.9 Å². The maximum Gasteiger partial charge on any atom is 0.264 e. The van der Waals surface area contributed by atoms with Crippen molar-refractivity contribution in [3.63, 3.8) is 0 Å². The summed E-state index contributed by atoms with van der Waals surface area (Å²) in [5.74, 6) is 0.869. The molecule has 0 aromatic carbocycles. The van der Waals surface area contributed by atoms with Crippen molar-refractivity contribution >= 4 is 11.7 Å².